The molecule has 0 aromatic heterocycles. The Morgan fingerprint density at radius 3 is 2.35 bits per heavy atom. The van der Waals surface area contributed by atoms with E-state index in [0.717, 1.165) is 11.6 Å². The molecule has 0 aliphatic rings. The minimum atomic E-state index is -1.19. The van der Waals surface area contributed by atoms with Crippen molar-refractivity contribution in [1.29, 1.82) is 0 Å². The van der Waals surface area contributed by atoms with E-state index >= 15 is 0 Å². The predicted molar refractivity (Wildman–Crippen MR) is 60.1 cm³/mol. The molecular formula is C13H10F3N. The number of halogens is 3. The number of rotatable bonds is 3. The van der Waals surface area contributed by atoms with Crippen molar-refractivity contribution >= 4 is 5.69 Å². The van der Waals surface area contributed by atoms with Crippen molar-refractivity contribution < 1.29 is 13.2 Å². The minimum Gasteiger partial charge on any atom is -0.378 e. The average molecular weight is 237 g/mol. The number of nitrogens with one attached hydrogen (secondary N) is 1. The molecule has 17 heavy (non-hydrogen) atoms. The highest BCUT2D eigenvalue weighted by Gasteiger charge is 2.10. The van der Waals surface area contributed by atoms with E-state index in [-0.39, 0.29) is 5.69 Å². The topological polar surface area (TPSA) is 12.0 Å². The van der Waals surface area contributed by atoms with Gasteiger partial charge in [-0.05, 0) is 5.56 Å². The Morgan fingerprint density at radius 1 is 0.941 bits per heavy atom. The highest BCUT2D eigenvalue weighted by Crippen LogP contribution is 2.19. The quantitative estimate of drug-likeness (QED) is 0.802. The van der Waals surface area contributed by atoms with Crippen molar-refractivity contribution in [3.63, 3.8) is 0 Å². The largest absolute Gasteiger partial charge is 0.378 e. The van der Waals surface area contributed by atoms with Crippen LogP contribution in [0.15, 0.2) is 42.5 Å². The van der Waals surface area contributed by atoms with Crippen LogP contribution in [0, 0.1) is 17.5 Å². The molecule has 0 aliphatic carbocycles. The van der Waals surface area contributed by atoms with Gasteiger partial charge in [-0.25, -0.2) is 13.2 Å². The molecule has 0 saturated heterocycles. The average Bonchev–Trinajstić information content (AvgIpc) is 2.33. The van der Waals surface area contributed by atoms with Crippen molar-refractivity contribution in [2.75, 3.05) is 5.32 Å². The van der Waals surface area contributed by atoms with Crippen molar-refractivity contribution in [3.05, 3.63) is 65.5 Å². The van der Waals surface area contributed by atoms with Gasteiger partial charge in [-0.3, -0.25) is 0 Å². The molecule has 0 fully saturated rings. The monoisotopic (exact) mass is 237 g/mol. The van der Waals surface area contributed by atoms with Gasteiger partial charge in [0.15, 0.2) is 11.6 Å². The third kappa shape index (κ3) is 2.78. The summed E-state index contributed by atoms with van der Waals surface area (Å²) in [5, 5.41) is 2.66. The van der Waals surface area contributed by atoms with Gasteiger partial charge in [0, 0.05) is 18.7 Å². The molecule has 0 spiro atoms. The van der Waals surface area contributed by atoms with E-state index < -0.39 is 17.5 Å². The molecule has 0 saturated carbocycles. The summed E-state index contributed by atoms with van der Waals surface area (Å²) >= 11 is 0. The molecule has 88 valence electrons. The summed E-state index contributed by atoms with van der Waals surface area (Å²) in [6.45, 7) is 0.306. The maximum absolute atomic E-state index is 13.3. The van der Waals surface area contributed by atoms with Gasteiger partial charge in [-0.15, -0.1) is 0 Å². The maximum atomic E-state index is 13.3. The predicted octanol–water partition coefficient (Wildman–Crippen LogP) is 3.72. The van der Waals surface area contributed by atoms with Crippen LogP contribution in [0.1, 0.15) is 5.56 Å². The van der Waals surface area contributed by atoms with Gasteiger partial charge in [-0.1, -0.05) is 30.3 Å². The Bertz CT molecular complexity index is 512. The van der Waals surface area contributed by atoms with Gasteiger partial charge in [0.1, 0.15) is 5.82 Å². The molecule has 2 rings (SSSR count). The van der Waals surface area contributed by atoms with Crippen LogP contribution in [0.25, 0.3) is 0 Å². The third-order valence-electron chi connectivity index (χ3n) is 2.32. The molecule has 2 aromatic carbocycles. The molecule has 1 nitrogen and oxygen atoms in total. The lowest BCUT2D eigenvalue weighted by atomic mass is 10.2. The summed E-state index contributed by atoms with van der Waals surface area (Å²) in [6.07, 6.45) is 0. The molecule has 0 bridgehead atoms. The number of hydrogen-bond donors (Lipinski definition) is 1. The van der Waals surface area contributed by atoms with E-state index in [1.54, 1.807) is 0 Å². The highest BCUT2D eigenvalue weighted by molar-refractivity contribution is 5.46. The lowest BCUT2D eigenvalue weighted by molar-refractivity contribution is 0.497. The van der Waals surface area contributed by atoms with Crippen molar-refractivity contribution in [1.82, 2.24) is 0 Å². The lowest BCUT2D eigenvalue weighted by Crippen LogP contribution is -2.03. The summed E-state index contributed by atoms with van der Waals surface area (Å²) in [6, 6.07) is 10.6. The van der Waals surface area contributed by atoms with Crippen molar-refractivity contribution in [3.8, 4) is 0 Å². The van der Waals surface area contributed by atoms with Crippen LogP contribution < -0.4 is 5.32 Å². The minimum absolute atomic E-state index is 0.175. The smallest absolute Gasteiger partial charge is 0.182 e. The number of anilines is 1. The van der Waals surface area contributed by atoms with Gasteiger partial charge in [-0.2, -0.15) is 0 Å². The Hall–Kier alpha value is -1.97. The first-order chi connectivity index (χ1) is 8.16. The molecule has 0 radical (unpaired) electrons. The van der Waals surface area contributed by atoms with E-state index in [4.69, 9.17) is 0 Å². The highest BCUT2D eigenvalue weighted by atomic mass is 19.2. The summed E-state index contributed by atoms with van der Waals surface area (Å²) in [5.74, 6) is -3.07. The zero-order chi connectivity index (χ0) is 12.3. The Balaban J connectivity index is 2.14. The van der Waals surface area contributed by atoms with Crippen LogP contribution in [-0.4, -0.2) is 0 Å². The van der Waals surface area contributed by atoms with E-state index in [1.165, 1.54) is 0 Å². The second-order valence-electron chi connectivity index (χ2n) is 3.59. The van der Waals surface area contributed by atoms with Gasteiger partial charge in [0.25, 0.3) is 0 Å². The van der Waals surface area contributed by atoms with Gasteiger partial charge in [0.05, 0.1) is 5.69 Å². The second-order valence-corrected chi connectivity index (χ2v) is 3.59. The molecule has 0 atom stereocenters. The first kappa shape index (κ1) is 11.5. The van der Waals surface area contributed by atoms with E-state index in [1.807, 2.05) is 30.3 Å². The molecular weight excluding hydrogens is 227 g/mol. The standard InChI is InChI=1S/C13H10F3N/c14-10-6-11(15)13(16)12(7-10)17-8-9-4-2-1-3-5-9/h1-7,17H,8H2. The second kappa shape index (κ2) is 4.91. The molecule has 0 unspecified atom stereocenters. The fourth-order valence-electron chi connectivity index (χ4n) is 1.48. The molecule has 1 N–H and O–H groups in total. The van der Waals surface area contributed by atoms with Gasteiger partial charge < -0.3 is 5.32 Å². The first-order valence-corrected chi connectivity index (χ1v) is 5.09. The van der Waals surface area contributed by atoms with Crippen LogP contribution >= 0.6 is 0 Å². The zero-order valence-corrected chi connectivity index (χ0v) is 8.88. The SMILES string of the molecule is Fc1cc(F)c(F)c(NCc2ccccc2)c1. The fraction of sp³-hybridized carbons (Fsp3) is 0.0769. The van der Waals surface area contributed by atoms with Crippen LogP contribution in [0.2, 0.25) is 0 Å². The van der Waals surface area contributed by atoms with Gasteiger partial charge >= 0.3 is 0 Å². The molecule has 2 aromatic rings. The van der Waals surface area contributed by atoms with Crippen LogP contribution in [0.4, 0.5) is 18.9 Å². The zero-order valence-electron chi connectivity index (χ0n) is 8.88. The summed E-state index contributed by atoms with van der Waals surface area (Å²) in [4.78, 5) is 0. The third-order valence-corrected chi connectivity index (χ3v) is 2.32. The van der Waals surface area contributed by atoms with Crippen molar-refractivity contribution in [2.24, 2.45) is 0 Å². The summed E-state index contributed by atoms with van der Waals surface area (Å²) < 4.78 is 39.1. The molecule has 0 aliphatic heterocycles. The van der Waals surface area contributed by atoms with Crippen molar-refractivity contribution in [2.45, 2.75) is 6.54 Å². The summed E-state index contributed by atoms with van der Waals surface area (Å²) in [7, 11) is 0. The fourth-order valence-corrected chi connectivity index (χ4v) is 1.48. The number of benzene rings is 2. The maximum Gasteiger partial charge on any atom is 0.182 e. The number of hydrogen-bond acceptors (Lipinski definition) is 1. The van der Waals surface area contributed by atoms with Crippen LogP contribution in [0.3, 0.4) is 0 Å². The lowest BCUT2D eigenvalue weighted by Gasteiger charge is -2.08. The van der Waals surface area contributed by atoms with Crippen LogP contribution in [0.5, 0.6) is 0 Å². The molecule has 0 heterocycles. The Kier molecular flexibility index (Phi) is 3.32. The Labute approximate surface area is 96.9 Å². The molecule has 0 amide bonds. The van der Waals surface area contributed by atoms with E-state index in [0.29, 0.717) is 12.6 Å². The van der Waals surface area contributed by atoms with Gasteiger partial charge in [0.2, 0.25) is 0 Å². The van der Waals surface area contributed by atoms with Crippen LogP contribution in [-0.2, 0) is 6.54 Å². The Morgan fingerprint density at radius 2 is 1.65 bits per heavy atom. The summed E-state index contributed by atoms with van der Waals surface area (Å²) in [5.41, 5.74) is 0.725. The van der Waals surface area contributed by atoms with E-state index in [9.17, 15) is 13.2 Å². The molecule has 4 heteroatoms. The van der Waals surface area contributed by atoms with E-state index in [2.05, 4.69) is 5.32 Å². The normalized spacial score (nSPS) is 10.3. The first-order valence-electron chi connectivity index (χ1n) is 5.09.